The molecule has 4 aromatic rings. The first-order valence-corrected chi connectivity index (χ1v) is 9.92. The molecule has 142 valence electrons. The maximum absolute atomic E-state index is 13.0. The largest absolute Gasteiger partial charge is 0.398 e. The zero-order valence-corrected chi connectivity index (χ0v) is 17.8. The first-order valence-electron chi connectivity index (χ1n) is 8.34. The van der Waals surface area contributed by atoms with Crippen LogP contribution in [-0.4, -0.2) is 4.98 Å². The van der Waals surface area contributed by atoms with Crippen molar-refractivity contribution in [3.63, 3.8) is 0 Å². The molecule has 0 radical (unpaired) electrons. The van der Waals surface area contributed by atoms with Crippen LogP contribution in [-0.2, 0) is 0 Å². The first-order chi connectivity index (χ1) is 13.4. The number of halogens is 4. The topological polar surface area (TPSA) is 41.8 Å². The Morgan fingerprint density at radius 3 is 2.25 bits per heavy atom. The maximum atomic E-state index is 13.0. The van der Waals surface area contributed by atoms with Gasteiger partial charge in [-0.25, -0.2) is 8.78 Å². The van der Waals surface area contributed by atoms with Crippen LogP contribution < -0.4 is 5.73 Å². The van der Waals surface area contributed by atoms with Crippen molar-refractivity contribution >= 4 is 54.5 Å². The van der Waals surface area contributed by atoms with E-state index in [1.54, 1.807) is 12.1 Å². The monoisotopic (exact) mass is 504 g/mol. The van der Waals surface area contributed by atoms with Gasteiger partial charge in [0.15, 0.2) is 0 Å². The van der Waals surface area contributed by atoms with E-state index in [-0.39, 0.29) is 11.6 Å². The van der Waals surface area contributed by atoms with E-state index in [4.69, 9.17) is 5.73 Å². The molecule has 3 N–H and O–H groups in total. The summed E-state index contributed by atoms with van der Waals surface area (Å²) >= 11 is 6.34. The summed E-state index contributed by atoms with van der Waals surface area (Å²) in [6.45, 7) is 0. The lowest BCUT2D eigenvalue weighted by Gasteiger charge is -1.99. The van der Waals surface area contributed by atoms with Crippen molar-refractivity contribution in [2.45, 2.75) is 0 Å². The summed E-state index contributed by atoms with van der Waals surface area (Å²) in [7, 11) is 0. The number of aromatic nitrogens is 1. The highest BCUT2D eigenvalue weighted by atomic mass is 79.9. The van der Waals surface area contributed by atoms with Crippen LogP contribution in [0.15, 0.2) is 76.2 Å². The number of benzene rings is 3. The Morgan fingerprint density at radius 1 is 0.857 bits per heavy atom. The average Bonchev–Trinajstić information content (AvgIpc) is 3.09. The number of nitrogen functional groups attached to an aromatic ring is 1. The lowest BCUT2D eigenvalue weighted by molar-refractivity contribution is 0.627. The fourth-order valence-corrected chi connectivity index (χ4v) is 3.16. The smallest absolute Gasteiger partial charge is 0.123 e. The summed E-state index contributed by atoms with van der Waals surface area (Å²) in [4.78, 5) is 3.27. The van der Waals surface area contributed by atoms with E-state index < -0.39 is 0 Å². The Balaban J connectivity index is 0.000000169. The molecule has 0 saturated heterocycles. The number of nitrogens with two attached hydrogens (primary N) is 1. The van der Waals surface area contributed by atoms with Crippen LogP contribution in [0.25, 0.3) is 28.2 Å². The maximum Gasteiger partial charge on any atom is 0.123 e. The first kappa shape index (κ1) is 20.3. The molecule has 0 aliphatic heterocycles. The SMILES string of the molecule is Fc1ccc2[nH]c(-c3ccccc3)cc2c1.Nc1ccc(F)cc1C=C(Br)Br. The summed E-state index contributed by atoms with van der Waals surface area (Å²) in [6.07, 6.45) is 1.69. The molecule has 0 spiro atoms. The molecular weight excluding hydrogens is 490 g/mol. The summed E-state index contributed by atoms with van der Waals surface area (Å²) in [6, 6.07) is 21.0. The van der Waals surface area contributed by atoms with Crippen molar-refractivity contribution < 1.29 is 8.78 Å². The molecule has 6 heteroatoms. The Morgan fingerprint density at radius 2 is 1.54 bits per heavy atom. The number of rotatable bonds is 2. The Kier molecular flexibility index (Phi) is 6.65. The van der Waals surface area contributed by atoms with Crippen LogP contribution in [0.1, 0.15) is 5.56 Å². The van der Waals surface area contributed by atoms with Crippen molar-refractivity contribution in [1.82, 2.24) is 4.98 Å². The van der Waals surface area contributed by atoms with Crippen molar-refractivity contribution in [3.8, 4) is 11.3 Å². The normalized spacial score (nSPS) is 10.3. The molecule has 0 saturated carbocycles. The molecule has 4 rings (SSSR count). The van der Waals surface area contributed by atoms with Gasteiger partial charge in [0.25, 0.3) is 0 Å². The molecule has 0 aliphatic rings. The average molecular weight is 506 g/mol. The minimum Gasteiger partial charge on any atom is -0.398 e. The standard InChI is InChI=1S/C14H10FN.C8H6Br2FN/c15-12-6-7-13-11(8-12)9-14(16-13)10-4-2-1-3-5-10;9-8(10)4-5-3-6(11)1-2-7(5)12/h1-9,16H;1-4H,12H2. The lowest BCUT2D eigenvalue weighted by atomic mass is 10.1. The highest BCUT2D eigenvalue weighted by Gasteiger charge is 2.03. The molecule has 3 aromatic carbocycles. The van der Waals surface area contributed by atoms with E-state index >= 15 is 0 Å². The molecule has 0 unspecified atom stereocenters. The molecule has 0 aliphatic carbocycles. The highest BCUT2D eigenvalue weighted by Crippen LogP contribution is 2.24. The van der Waals surface area contributed by atoms with Crippen LogP contribution in [0, 0.1) is 11.6 Å². The van der Waals surface area contributed by atoms with Crippen LogP contribution in [0.5, 0.6) is 0 Å². The third kappa shape index (κ3) is 5.30. The van der Waals surface area contributed by atoms with Gasteiger partial charge in [-0.15, -0.1) is 0 Å². The number of fused-ring (bicyclic) bond motifs is 1. The van der Waals surface area contributed by atoms with Gasteiger partial charge >= 0.3 is 0 Å². The second kappa shape index (κ2) is 9.17. The van der Waals surface area contributed by atoms with Crippen molar-refractivity contribution in [3.05, 3.63) is 93.4 Å². The fourth-order valence-electron chi connectivity index (χ4n) is 2.66. The summed E-state index contributed by atoms with van der Waals surface area (Å²) < 4.78 is 26.4. The molecule has 1 aromatic heterocycles. The quantitative estimate of drug-likeness (QED) is 0.272. The zero-order chi connectivity index (χ0) is 20.1. The van der Waals surface area contributed by atoms with Crippen LogP contribution in [0.3, 0.4) is 0 Å². The highest BCUT2D eigenvalue weighted by molar-refractivity contribution is 9.28. The van der Waals surface area contributed by atoms with E-state index in [1.165, 1.54) is 30.3 Å². The molecule has 0 bridgehead atoms. The van der Waals surface area contributed by atoms with Crippen LogP contribution in [0.2, 0.25) is 0 Å². The number of aromatic amines is 1. The zero-order valence-electron chi connectivity index (χ0n) is 14.6. The Labute approximate surface area is 178 Å². The van der Waals surface area contributed by atoms with Gasteiger partial charge < -0.3 is 10.7 Å². The predicted octanol–water partition coefficient (Wildman–Crippen LogP) is 7.47. The molecule has 28 heavy (non-hydrogen) atoms. The fraction of sp³-hybridized carbons (Fsp3) is 0. The van der Waals surface area contributed by atoms with E-state index in [2.05, 4.69) is 36.8 Å². The third-order valence-corrected chi connectivity index (χ3v) is 4.44. The third-order valence-electron chi connectivity index (χ3n) is 3.98. The van der Waals surface area contributed by atoms with E-state index in [9.17, 15) is 8.78 Å². The van der Waals surface area contributed by atoms with Gasteiger partial charge in [-0.1, -0.05) is 30.3 Å². The van der Waals surface area contributed by atoms with Gasteiger partial charge in [-0.3, -0.25) is 0 Å². The Bertz CT molecular complexity index is 1120. The predicted molar refractivity (Wildman–Crippen MR) is 120 cm³/mol. The molecular formula is C22H16Br2F2N2. The van der Waals surface area contributed by atoms with Gasteiger partial charge in [-0.05, 0) is 86.0 Å². The number of H-pyrrole nitrogens is 1. The molecule has 0 fully saturated rings. The van der Waals surface area contributed by atoms with Gasteiger partial charge in [0, 0.05) is 27.8 Å². The van der Waals surface area contributed by atoms with Gasteiger partial charge in [0.05, 0.1) is 3.39 Å². The van der Waals surface area contributed by atoms with Crippen LogP contribution >= 0.6 is 31.9 Å². The summed E-state index contributed by atoms with van der Waals surface area (Å²) in [5, 5.41) is 0.902. The molecule has 0 amide bonds. The van der Waals surface area contributed by atoms with Crippen LogP contribution in [0.4, 0.5) is 14.5 Å². The van der Waals surface area contributed by atoms with Crippen molar-refractivity contribution in [2.75, 3.05) is 5.73 Å². The van der Waals surface area contributed by atoms with Gasteiger partial charge in [-0.2, -0.15) is 0 Å². The number of nitrogens with one attached hydrogen (secondary N) is 1. The van der Waals surface area contributed by atoms with Crippen molar-refractivity contribution in [1.29, 1.82) is 0 Å². The Hall–Kier alpha value is -2.44. The number of hydrogen-bond donors (Lipinski definition) is 2. The summed E-state index contributed by atoms with van der Waals surface area (Å²) in [5.74, 6) is -0.497. The number of anilines is 1. The second-order valence-corrected chi connectivity index (χ2v) is 8.76. The van der Waals surface area contributed by atoms with Gasteiger partial charge in [0.2, 0.25) is 0 Å². The van der Waals surface area contributed by atoms with E-state index in [1.807, 2.05) is 36.4 Å². The minimum atomic E-state index is -0.295. The van der Waals surface area contributed by atoms with E-state index in [0.29, 0.717) is 11.3 Å². The van der Waals surface area contributed by atoms with Crippen molar-refractivity contribution in [2.24, 2.45) is 0 Å². The molecule has 1 heterocycles. The summed E-state index contributed by atoms with van der Waals surface area (Å²) in [5.41, 5.74) is 9.87. The molecule has 0 atom stereocenters. The molecule has 2 nitrogen and oxygen atoms in total. The second-order valence-electron chi connectivity index (χ2n) is 5.99. The van der Waals surface area contributed by atoms with E-state index in [0.717, 1.165) is 25.6 Å². The lowest BCUT2D eigenvalue weighted by Crippen LogP contribution is -1.89. The van der Waals surface area contributed by atoms with Gasteiger partial charge in [0.1, 0.15) is 11.6 Å². The minimum absolute atomic E-state index is 0.203. The number of hydrogen-bond acceptors (Lipinski definition) is 1.